The van der Waals surface area contributed by atoms with E-state index in [9.17, 15) is 9.90 Å². The number of thiophene rings is 1. The Labute approximate surface area is 121 Å². The van der Waals surface area contributed by atoms with Gasteiger partial charge in [-0.15, -0.1) is 11.3 Å². The number of carbonyl (C=O) groups excluding carboxylic acids is 1. The van der Waals surface area contributed by atoms with Gasteiger partial charge < -0.3 is 14.7 Å². The number of aliphatic hydroxyl groups is 1. The van der Waals surface area contributed by atoms with Crippen molar-refractivity contribution in [1.29, 1.82) is 0 Å². The zero-order valence-electron chi connectivity index (χ0n) is 11.3. The van der Waals surface area contributed by atoms with Gasteiger partial charge in [-0.05, 0) is 24.4 Å². The fourth-order valence-corrected chi connectivity index (χ4v) is 3.46. The molecule has 0 aliphatic carbocycles. The lowest BCUT2D eigenvalue weighted by molar-refractivity contribution is -0.0666. The molecular formula is C15H17NO3S. The summed E-state index contributed by atoms with van der Waals surface area (Å²) in [5.41, 5.74) is 0. The molecular weight excluding hydrogens is 274 g/mol. The summed E-state index contributed by atoms with van der Waals surface area (Å²) in [5.74, 6) is 0.0282. The highest BCUT2D eigenvalue weighted by atomic mass is 32.1. The summed E-state index contributed by atoms with van der Waals surface area (Å²) in [7, 11) is 0. The van der Waals surface area contributed by atoms with Crippen LogP contribution in [0.3, 0.4) is 0 Å². The number of morpholine rings is 1. The molecule has 1 aromatic carbocycles. The van der Waals surface area contributed by atoms with Gasteiger partial charge in [-0.1, -0.05) is 18.2 Å². The van der Waals surface area contributed by atoms with Gasteiger partial charge in [0.2, 0.25) is 0 Å². The van der Waals surface area contributed by atoms with Gasteiger partial charge in [0.05, 0.1) is 30.2 Å². The lowest BCUT2D eigenvalue weighted by Gasteiger charge is -2.37. The van der Waals surface area contributed by atoms with Crippen LogP contribution < -0.4 is 0 Å². The summed E-state index contributed by atoms with van der Waals surface area (Å²) in [6.07, 6.45) is -0.274. The van der Waals surface area contributed by atoms with Crippen LogP contribution >= 0.6 is 11.3 Å². The van der Waals surface area contributed by atoms with Gasteiger partial charge in [0.25, 0.3) is 5.91 Å². The van der Waals surface area contributed by atoms with Gasteiger partial charge in [0.1, 0.15) is 0 Å². The highest BCUT2D eigenvalue weighted by Crippen LogP contribution is 2.27. The summed E-state index contributed by atoms with van der Waals surface area (Å²) in [5, 5.41) is 10.3. The van der Waals surface area contributed by atoms with Crippen LogP contribution in [0.25, 0.3) is 10.1 Å². The molecule has 1 N–H and O–H groups in total. The fraction of sp³-hybridized carbons (Fsp3) is 0.400. The van der Waals surface area contributed by atoms with Crippen LogP contribution in [0.1, 0.15) is 16.6 Å². The monoisotopic (exact) mass is 291 g/mol. The Bertz CT molecular complexity index is 591. The van der Waals surface area contributed by atoms with Crippen molar-refractivity contribution >= 4 is 27.3 Å². The van der Waals surface area contributed by atoms with Gasteiger partial charge in [-0.2, -0.15) is 0 Å². The molecule has 2 aromatic rings. The fourth-order valence-electron chi connectivity index (χ4n) is 2.44. The van der Waals surface area contributed by atoms with E-state index in [-0.39, 0.29) is 24.7 Å². The number of fused-ring (bicyclic) bond motifs is 1. The summed E-state index contributed by atoms with van der Waals surface area (Å²) >= 11 is 1.52. The summed E-state index contributed by atoms with van der Waals surface area (Å²) in [4.78, 5) is 15.2. The Kier molecular flexibility index (Phi) is 3.74. The summed E-state index contributed by atoms with van der Waals surface area (Å²) in [6.45, 7) is 2.84. The molecule has 106 valence electrons. The zero-order valence-corrected chi connectivity index (χ0v) is 12.1. The number of benzene rings is 1. The number of aliphatic hydroxyl groups excluding tert-OH is 1. The summed E-state index contributed by atoms with van der Waals surface area (Å²) < 4.78 is 6.59. The smallest absolute Gasteiger partial charge is 0.264 e. The Morgan fingerprint density at radius 1 is 1.50 bits per heavy atom. The van der Waals surface area contributed by atoms with E-state index in [0.717, 1.165) is 15.0 Å². The third kappa shape index (κ3) is 2.44. The van der Waals surface area contributed by atoms with Crippen LogP contribution in [-0.4, -0.2) is 47.8 Å². The predicted molar refractivity (Wildman–Crippen MR) is 79.1 cm³/mol. The van der Waals surface area contributed by atoms with Crippen LogP contribution in [0.5, 0.6) is 0 Å². The third-order valence-electron chi connectivity index (χ3n) is 3.61. The van der Waals surface area contributed by atoms with Gasteiger partial charge >= 0.3 is 0 Å². The first-order valence-electron chi connectivity index (χ1n) is 6.71. The minimum atomic E-state index is -0.274. The zero-order chi connectivity index (χ0) is 14.1. The molecule has 1 fully saturated rings. The number of rotatable bonds is 2. The lowest BCUT2D eigenvalue weighted by Crippen LogP contribution is -2.51. The Morgan fingerprint density at radius 3 is 3.05 bits per heavy atom. The van der Waals surface area contributed by atoms with E-state index in [1.807, 2.05) is 37.3 Å². The van der Waals surface area contributed by atoms with Crippen molar-refractivity contribution in [2.45, 2.75) is 19.1 Å². The van der Waals surface area contributed by atoms with E-state index in [4.69, 9.17) is 4.74 Å². The second kappa shape index (κ2) is 5.52. The molecule has 1 amide bonds. The van der Waals surface area contributed by atoms with E-state index < -0.39 is 0 Å². The molecule has 2 heterocycles. The van der Waals surface area contributed by atoms with Gasteiger partial charge in [0, 0.05) is 11.2 Å². The first-order valence-corrected chi connectivity index (χ1v) is 7.52. The molecule has 4 nitrogen and oxygen atoms in total. The molecule has 1 aliphatic heterocycles. The SMILES string of the molecule is CC1COC(CO)CN1C(=O)c1cc2ccccc2s1. The number of carbonyl (C=O) groups is 1. The number of hydrogen-bond donors (Lipinski definition) is 1. The van der Waals surface area contributed by atoms with Gasteiger partial charge in [-0.3, -0.25) is 4.79 Å². The number of amides is 1. The highest BCUT2D eigenvalue weighted by Gasteiger charge is 2.30. The first-order chi connectivity index (χ1) is 9.69. The molecule has 5 heteroatoms. The van der Waals surface area contributed by atoms with Crippen molar-refractivity contribution in [1.82, 2.24) is 4.90 Å². The normalized spacial score (nSPS) is 23.2. The maximum Gasteiger partial charge on any atom is 0.264 e. The predicted octanol–water partition coefficient (Wildman–Crippen LogP) is 2.12. The Balaban J connectivity index is 1.86. The number of ether oxygens (including phenoxy) is 1. The van der Waals surface area contributed by atoms with Crippen LogP contribution in [0.2, 0.25) is 0 Å². The number of nitrogens with zero attached hydrogens (tertiary/aromatic N) is 1. The number of hydrogen-bond acceptors (Lipinski definition) is 4. The van der Waals surface area contributed by atoms with Crippen molar-refractivity contribution in [2.24, 2.45) is 0 Å². The molecule has 1 aliphatic rings. The van der Waals surface area contributed by atoms with Crippen LogP contribution in [-0.2, 0) is 4.74 Å². The largest absolute Gasteiger partial charge is 0.394 e. The van der Waals surface area contributed by atoms with E-state index in [1.165, 1.54) is 11.3 Å². The van der Waals surface area contributed by atoms with E-state index in [2.05, 4.69) is 0 Å². The lowest BCUT2D eigenvalue weighted by atomic mass is 10.2. The Morgan fingerprint density at radius 2 is 2.30 bits per heavy atom. The molecule has 0 radical (unpaired) electrons. The molecule has 1 saturated heterocycles. The molecule has 1 aromatic heterocycles. The topological polar surface area (TPSA) is 49.8 Å². The van der Waals surface area contributed by atoms with Gasteiger partial charge in [0.15, 0.2) is 0 Å². The van der Waals surface area contributed by atoms with Crippen molar-refractivity contribution in [3.63, 3.8) is 0 Å². The quantitative estimate of drug-likeness (QED) is 0.922. The maximum atomic E-state index is 12.6. The minimum absolute atomic E-state index is 0.0282. The van der Waals surface area contributed by atoms with E-state index >= 15 is 0 Å². The highest BCUT2D eigenvalue weighted by molar-refractivity contribution is 7.20. The standard InChI is InChI=1S/C15H17NO3S/c1-10-9-19-12(8-17)7-16(10)15(18)14-6-11-4-2-3-5-13(11)20-14/h2-6,10,12,17H,7-9H2,1H3. The minimum Gasteiger partial charge on any atom is -0.394 e. The molecule has 20 heavy (non-hydrogen) atoms. The average Bonchev–Trinajstić information content (AvgIpc) is 2.91. The summed E-state index contributed by atoms with van der Waals surface area (Å²) in [6, 6.07) is 9.97. The first kappa shape index (κ1) is 13.5. The average molecular weight is 291 g/mol. The Hall–Kier alpha value is -1.43. The molecule has 0 saturated carbocycles. The molecule has 0 bridgehead atoms. The van der Waals surface area contributed by atoms with Crippen molar-refractivity contribution in [3.05, 3.63) is 35.2 Å². The second-order valence-corrected chi connectivity index (χ2v) is 6.18. The molecule has 2 unspecified atom stereocenters. The van der Waals surface area contributed by atoms with Crippen LogP contribution in [0, 0.1) is 0 Å². The van der Waals surface area contributed by atoms with E-state index in [1.54, 1.807) is 4.90 Å². The van der Waals surface area contributed by atoms with Crippen molar-refractivity contribution in [2.75, 3.05) is 19.8 Å². The second-order valence-electron chi connectivity index (χ2n) is 5.09. The van der Waals surface area contributed by atoms with Crippen molar-refractivity contribution < 1.29 is 14.6 Å². The molecule has 0 spiro atoms. The van der Waals surface area contributed by atoms with E-state index in [0.29, 0.717) is 13.2 Å². The maximum absolute atomic E-state index is 12.6. The third-order valence-corrected chi connectivity index (χ3v) is 4.71. The van der Waals surface area contributed by atoms with Crippen LogP contribution in [0.15, 0.2) is 30.3 Å². The van der Waals surface area contributed by atoms with Gasteiger partial charge in [-0.25, -0.2) is 0 Å². The molecule has 2 atom stereocenters. The van der Waals surface area contributed by atoms with Crippen molar-refractivity contribution in [3.8, 4) is 0 Å². The van der Waals surface area contributed by atoms with Crippen LogP contribution in [0.4, 0.5) is 0 Å². The molecule has 3 rings (SSSR count).